The first kappa shape index (κ1) is 12.9. The Morgan fingerprint density at radius 1 is 1.10 bits per heavy atom. The number of phenolic OH excluding ortho intramolecular Hbond substituents is 1. The van der Waals surface area contributed by atoms with Gasteiger partial charge in [-0.2, -0.15) is 0 Å². The molecule has 0 unspecified atom stereocenters. The van der Waals surface area contributed by atoms with Crippen molar-refractivity contribution in [3.63, 3.8) is 0 Å². The van der Waals surface area contributed by atoms with Crippen molar-refractivity contribution >= 4 is 5.69 Å². The van der Waals surface area contributed by atoms with Gasteiger partial charge in [0.2, 0.25) is 0 Å². The molecule has 0 fully saturated rings. The highest BCUT2D eigenvalue weighted by Gasteiger charge is 2.10. The lowest BCUT2D eigenvalue weighted by atomic mass is 10.1. The summed E-state index contributed by atoms with van der Waals surface area (Å²) in [5, 5.41) is 13.0. The molecule has 3 rings (SSSR count). The van der Waals surface area contributed by atoms with Crippen molar-refractivity contribution in [3.8, 4) is 11.5 Å². The minimum Gasteiger partial charge on any atom is -0.504 e. The van der Waals surface area contributed by atoms with Crippen molar-refractivity contribution in [2.75, 3.05) is 12.4 Å². The Morgan fingerprint density at radius 2 is 1.95 bits per heavy atom. The Balaban J connectivity index is 1.70. The quantitative estimate of drug-likeness (QED) is 0.892. The number of rotatable bonds is 4. The highest BCUT2D eigenvalue weighted by molar-refractivity contribution is 5.51. The molecular formula is C17H19NO2. The summed E-state index contributed by atoms with van der Waals surface area (Å²) in [4.78, 5) is 0. The van der Waals surface area contributed by atoms with Gasteiger partial charge in [0.25, 0.3) is 0 Å². The molecule has 0 heterocycles. The van der Waals surface area contributed by atoms with E-state index in [4.69, 9.17) is 4.74 Å². The van der Waals surface area contributed by atoms with E-state index in [1.807, 2.05) is 12.1 Å². The van der Waals surface area contributed by atoms with E-state index in [-0.39, 0.29) is 5.75 Å². The predicted molar refractivity (Wildman–Crippen MR) is 80.5 cm³/mol. The van der Waals surface area contributed by atoms with Crippen LogP contribution in [0.2, 0.25) is 0 Å². The zero-order valence-electron chi connectivity index (χ0n) is 11.6. The molecule has 0 saturated carbocycles. The van der Waals surface area contributed by atoms with Gasteiger partial charge in [-0.1, -0.05) is 12.1 Å². The molecule has 20 heavy (non-hydrogen) atoms. The standard InChI is InChI=1S/C17H19NO2/c1-20-17-9-12(5-8-16(17)19)11-18-15-7-6-13-3-2-4-14(13)10-15/h5-10,18-19H,2-4,11H2,1H3. The number of phenols is 1. The van der Waals surface area contributed by atoms with Gasteiger partial charge < -0.3 is 15.2 Å². The topological polar surface area (TPSA) is 41.5 Å². The SMILES string of the molecule is COc1cc(CNc2ccc3c(c2)CCC3)ccc1O. The number of aryl methyl sites for hydroxylation is 2. The molecule has 2 aromatic rings. The molecule has 3 heteroatoms. The molecule has 2 N–H and O–H groups in total. The number of hydrogen-bond donors (Lipinski definition) is 2. The van der Waals surface area contributed by atoms with Crippen molar-refractivity contribution in [2.45, 2.75) is 25.8 Å². The number of aromatic hydroxyl groups is 1. The van der Waals surface area contributed by atoms with E-state index in [2.05, 4.69) is 23.5 Å². The molecular weight excluding hydrogens is 250 g/mol. The zero-order chi connectivity index (χ0) is 13.9. The number of anilines is 1. The first-order valence-corrected chi connectivity index (χ1v) is 6.98. The fourth-order valence-corrected chi connectivity index (χ4v) is 2.72. The van der Waals surface area contributed by atoms with Crippen molar-refractivity contribution < 1.29 is 9.84 Å². The average Bonchev–Trinajstić information content (AvgIpc) is 2.94. The maximum Gasteiger partial charge on any atom is 0.160 e. The summed E-state index contributed by atoms with van der Waals surface area (Å²) < 4.78 is 5.12. The number of nitrogens with one attached hydrogen (secondary N) is 1. The first-order valence-electron chi connectivity index (χ1n) is 6.98. The summed E-state index contributed by atoms with van der Waals surface area (Å²) in [6.07, 6.45) is 3.68. The van der Waals surface area contributed by atoms with Gasteiger partial charge in [-0.15, -0.1) is 0 Å². The van der Waals surface area contributed by atoms with Gasteiger partial charge in [0, 0.05) is 12.2 Å². The lowest BCUT2D eigenvalue weighted by Gasteiger charge is -2.10. The molecule has 3 nitrogen and oxygen atoms in total. The number of methoxy groups -OCH3 is 1. The van der Waals surface area contributed by atoms with E-state index >= 15 is 0 Å². The molecule has 0 atom stereocenters. The highest BCUT2D eigenvalue weighted by atomic mass is 16.5. The van der Waals surface area contributed by atoms with Crippen molar-refractivity contribution in [3.05, 3.63) is 53.1 Å². The second kappa shape index (κ2) is 5.45. The monoisotopic (exact) mass is 269 g/mol. The van der Waals surface area contributed by atoms with Crippen LogP contribution in [0.3, 0.4) is 0 Å². The van der Waals surface area contributed by atoms with E-state index in [0.717, 1.165) is 17.8 Å². The van der Waals surface area contributed by atoms with E-state index in [1.54, 1.807) is 13.2 Å². The normalized spacial score (nSPS) is 13.1. The van der Waals surface area contributed by atoms with Gasteiger partial charge in [0.15, 0.2) is 11.5 Å². The molecule has 1 aliphatic rings. The highest BCUT2D eigenvalue weighted by Crippen LogP contribution is 2.28. The minimum absolute atomic E-state index is 0.175. The third kappa shape index (κ3) is 2.57. The number of hydrogen-bond acceptors (Lipinski definition) is 3. The second-order valence-electron chi connectivity index (χ2n) is 5.20. The molecule has 2 aromatic carbocycles. The molecule has 0 saturated heterocycles. The fourth-order valence-electron chi connectivity index (χ4n) is 2.72. The summed E-state index contributed by atoms with van der Waals surface area (Å²) in [5.41, 5.74) is 5.19. The fraction of sp³-hybridized carbons (Fsp3) is 0.294. The molecule has 0 radical (unpaired) electrons. The van der Waals surface area contributed by atoms with Crippen LogP contribution in [0.15, 0.2) is 36.4 Å². The maximum atomic E-state index is 9.58. The van der Waals surface area contributed by atoms with E-state index in [9.17, 15) is 5.11 Å². The van der Waals surface area contributed by atoms with Crippen LogP contribution in [0.4, 0.5) is 5.69 Å². The van der Waals surface area contributed by atoms with Crippen molar-refractivity contribution in [1.29, 1.82) is 0 Å². The van der Waals surface area contributed by atoms with Crippen LogP contribution in [0.1, 0.15) is 23.1 Å². The van der Waals surface area contributed by atoms with Gasteiger partial charge in [0.1, 0.15) is 0 Å². The number of fused-ring (bicyclic) bond motifs is 1. The van der Waals surface area contributed by atoms with Gasteiger partial charge in [-0.3, -0.25) is 0 Å². The Labute approximate surface area is 119 Å². The van der Waals surface area contributed by atoms with Crippen LogP contribution in [0.5, 0.6) is 11.5 Å². The summed E-state index contributed by atoms with van der Waals surface area (Å²) in [5.74, 6) is 0.687. The summed E-state index contributed by atoms with van der Waals surface area (Å²) in [6.45, 7) is 0.718. The van der Waals surface area contributed by atoms with E-state index in [1.165, 1.54) is 30.4 Å². The first-order chi connectivity index (χ1) is 9.76. The Hall–Kier alpha value is -2.16. The Kier molecular flexibility index (Phi) is 3.50. The molecule has 0 amide bonds. The van der Waals surface area contributed by atoms with E-state index in [0.29, 0.717) is 5.75 Å². The largest absolute Gasteiger partial charge is 0.504 e. The third-order valence-corrected chi connectivity index (χ3v) is 3.84. The Morgan fingerprint density at radius 3 is 2.80 bits per heavy atom. The van der Waals surface area contributed by atoms with Gasteiger partial charge in [-0.05, 0) is 60.2 Å². The third-order valence-electron chi connectivity index (χ3n) is 3.84. The van der Waals surface area contributed by atoms with Gasteiger partial charge in [0.05, 0.1) is 7.11 Å². The van der Waals surface area contributed by atoms with Crippen LogP contribution in [0.25, 0.3) is 0 Å². The van der Waals surface area contributed by atoms with Crippen LogP contribution in [-0.4, -0.2) is 12.2 Å². The van der Waals surface area contributed by atoms with Crippen molar-refractivity contribution in [1.82, 2.24) is 0 Å². The minimum atomic E-state index is 0.175. The van der Waals surface area contributed by atoms with Gasteiger partial charge in [-0.25, -0.2) is 0 Å². The molecule has 1 aliphatic carbocycles. The smallest absolute Gasteiger partial charge is 0.160 e. The second-order valence-corrected chi connectivity index (χ2v) is 5.20. The number of ether oxygens (including phenoxy) is 1. The van der Waals surface area contributed by atoms with Crippen LogP contribution in [0, 0.1) is 0 Å². The molecule has 104 valence electrons. The molecule has 0 aliphatic heterocycles. The van der Waals surface area contributed by atoms with Crippen LogP contribution < -0.4 is 10.1 Å². The molecule has 0 bridgehead atoms. The lowest BCUT2D eigenvalue weighted by molar-refractivity contribution is 0.373. The average molecular weight is 269 g/mol. The Bertz CT molecular complexity index is 611. The summed E-state index contributed by atoms with van der Waals surface area (Å²) >= 11 is 0. The maximum absolute atomic E-state index is 9.58. The summed E-state index contributed by atoms with van der Waals surface area (Å²) in [7, 11) is 1.56. The predicted octanol–water partition coefficient (Wildman–Crippen LogP) is 3.50. The lowest BCUT2D eigenvalue weighted by Crippen LogP contribution is -2.00. The molecule has 0 spiro atoms. The number of benzene rings is 2. The van der Waals surface area contributed by atoms with Gasteiger partial charge >= 0.3 is 0 Å². The van der Waals surface area contributed by atoms with Crippen LogP contribution in [-0.2, 0) is 19.4 Å². The van der Waals surface area contributed by atoms with Crippen LogP contribution >= 0.6 is 0 Å². The molecule has 0 aromatic heterocycles. The summed E-state index contributed by atoms with van der Waals surface area (Å²) in [6, 6.07) is 12.0. The zero-order valence-corrected chi connectivity index (χ0v) is 11.6. The van der Waals surface area contributed by atoms with Crippen molar-refractivity contribution in [2.24, 2.45) is 0 Å². The van der Waals surface area contributed by atoms with E-state index < -0.39 is 0 Å².